The van der Waals surface area contributed by atoms with Gasteiger partial charge in [0, 0.05) is 59.4 Å². The Hall–Kier alpha value is -4.76. The number of carbonyl (C=O) groups excluding carboxylic acids is 1. The maximum Gasteiger partial charge on any atom is 0.251 e. The number of carbonyl (C=O) groups is 1. The molecule has 1 saturated heterocycles. The molecule has 208 valence electrons. The number of piperidine rings is 1. The van der Waals surface area contributed by atoms with Gasteiger partial charge in [-0.15, -0.1) is 0 Å². The molecule has 1 aliphatic heterocycles. The molecule has 0 unspecified atom stereocenters. The summed E-state index contributed by atoms with van der Waals surface area (Å²) < 4.78 is 6.02. The molecule has 1 fully saturated rings. The van der Waals surface area contributed by atoms with Gasteiger partial charge in [-0.25, -0.2) is 4.98 Å². The zero-order chi connectivity index (χ0) is 27.9. The van der Waals surface area contributed by atoms with Gasteiger partial charge >= 0.3 is 0 Å². The third kappa shape index (κ3) is 6.70. The van der Waals surface area contributed by atoms with Crippen LogP contribution in [0.15, 0.2) is 85.3 Å². The second kappa shape index (κ2) is 12.6. The fraction of sp³-hybridized carbons (Fsp3) is 0.250. The standard InChI is InChI=1S/C32H33N7O2/c40-31(35-15-18-39-16-2-1-3-17-39)25-9-4-10-26(19-25)36-32-37-29(28-12-14-34-30(28)38-32)24-8-5-11-27(20-24)41-22-23-7-6-13-33-21-23/h4-14,19-21H,1-3,15-18,22H2,(H,35,40)(H2,34,36,37,38). The van der Waals surface area contributed by atoms with E-state index in [0.717, 1.165) is 53.3 Å². The summed E-state index contributed by atoms with van der Waals surface area (Å²) in [5.74, 6) is 1.08. The first-order chi connectivity index (χ1) is 20.2. The summed E-state index contributed by atoms with van der Waals surface area (Å²) in [7, 11) is 0. The van der Waals surface area contributed by atoms with Crippen LogP contribution in [-0.2, 0) is 6.61 Å². The minimum absolute atomic E-state index is 0.0878. The Labute approximate surface area is 239 Å². The van der Waals surface area contributed by atoms with Crippen molar-refractivity contribution in [3.8, 4) is 17.0 Å². The largest absolute Gasteiger partial charge is 0.489 e. The van der Waals surface area contributed by atoms with E-state index in [2.05, 4.69) is 30.5 Å². The summed E-state index contributed by atoms with van der Waals surface area (Å²) in [6.07, 6.45) is 9.18. The topological polar surface area (TPSA) is 108 Å². The lowest BCUT2D eigenvalue weighted by molar-refractivity contribution is 0.0946. The van der Waals surface area contributed by atoms with Crippen LogP contribution in [0.25, 0.3) is 22.3 Å². The Morgan fingerprint density at radius 3 is 2.76 bits per heavy atom. The SMILES string of the molecule is O=C(NCCN1CCCCC1)c1cccc(Nc2nc(-c3cccc(OCc4cccnc4)c3)c3cc[nH]c3n2)c1. The van der Waals surface area contributed by atoms with Crippen molar-refractivity contribution in [3.05, 3.63) is 96.4 Å². The first kappa shape index (κ1) is 26.5. The minimum Gasteiger partial charge on any atom is -0.489 e. The molecule has 2 aromatic carbocycles. The number of nitrogens with one attached hydrogen (secondary N) is 3. The average Bonchev–Trinajstić information content (AvgIpc) is 3.50. The number of benzene rings is 2. The molecule has 5 aromatic rings. The van der Waals surface area contributed by atoms with Gasteiger partial charge in [-0.05, 0) is 68.4 Å². The van der Waals surface area contributed by atoms with Gasteiger partial charge in [0.15, 0.2) is 0 Å². The van der Waals surface area contributed by atoms with Crippen LogP contribution in [0, 0.1) is 0 Å². The minimum atomic E-state index is -0.0878. The van der Waals surface area contributed by atoms with Gasteiger partial charge in [0.25, 0.3) is 5.91 Å². The van der Waals surface area contributed by atoms with Crippen molar-refractivity contribution in [3.63, 3.8) is 0 Å². The molecule has 0 aliphatic carbocycles. The summed E-state index contributed by atoms with van der Waals surface area (Å²) in [6.45, 7) is 4.18. The number of aromatic amines is 1. The van der Waals surface area contributed by atoms with Crippen molar-refractivity contribution in [1.29, 1.82) is 0 Å². The number of nitrogens with zero attached hydrogens (tertiary/aromatic N) is 4. The van der Waals surface area contributed by atoms with Crippen molar-refractivity contribution in [2.24, 2.45) is 0 Å². The van der Waals surface area contributed by atoms with Gasteiger partial charge in [-0.2, -0.15) is 4.98 Å². The molecule has 9 nitrogen and oxygen atoms in total. The fourth-order valence-corrected chi connectivity index (χ4v) is 5.08. The highest BCUT2D eigenvalue weighted by Crippen LogP contribution is 2.30. The zero-order valence-corrected chi connectivity index (χ0v) is 22.8. The number of rotatable bonds is 10. The highest BCUT2D eigenvalue weighted by atomic mass is 16.5. The summed E-state index contributed by atoms with van der Waals surface area (Å²) in [4.78, 5) is 32.1. The molecular weight excluding hydrogens is 514 g/mol. The van der Waals surface area contributed by atoms with Crippen molar-refractivity contribution in [1.82, 2.24) is 30.2 Å². The molecule has 9 heteroatoms. The van der Waals surface area contributed by atoms with E-state index in [1.165, 1.54) is 19.3 Å². The van der Waals surface area contributed by atoms with E-state index >= 15 is 0 Å². The maximum atomic E-state index is 12.8. The Bertz CT molecular complexity index is 1610. The monoisotopic (exact) mass is 547 g/mol. The number of fused-ring (bicyclic) bond motifs is 1. The van der Waals surface area contributed by atoms with E-state index in [-0.39, 0.29) is 5.91 Å². The maximum absolute atomic E-state index is 12.8. The number of hydrogen-bond donors (Lipinski definition) is 3. The van der Waals surface area contributed by atoms with Crippen LogP contribution in [0.3, 0.4) is 0 Å². The molecule has 1 amide bonds. The second-order valence-electron chi connectivity index (χ2n) is 10.2. The smallest absolute Gasteiger partial charge is 0.251 e. The molecule has 0 spiro atoms. The quantitative estimate of drug-likeness (QED) is 0.210. The molecule has 3 aromatic heterocycles. The Kier molecular flexibility index (Phi) is 8.14. The number of hydrogen-bond acceptors (Lipinski definition) is 7. The first-order valence-corrected chi connectivity index (χ1v) is 14.1. The predicted octanol–water partition coefficient (Wildman–Crippen LogP) is 5.56. The first-order valence-electron chi connectivity index (χ1n) is 14.1. The van der Waals surface area contributed by atoms with Gasteiger partial charge in [0.1, 0.15) is 18.0 Å². The lowest BCUT2D eigenvalue weighted by Crippen LogP contribution is -2.37. The van der Waals surface area contributed by atoms with Gasteiger partial charge in [-0.3, -0.25) is 9.78 Å². The number of aromatic nitrogens is 4. The number of likely N-dealkylation sites (tertiary alicyclic amines) is 1. The third-order valence-electron chi connectivity index (χ3n) is 7.19. The Morgan fingerprint density at radius 1 is 0.976 bits per heavy atom. The number of amides is 1. The highest BCUT2D eigenvalue weighted by molar-refractivity contribution is 5.95. The van der Waals surface area contributed by atoms with E-state index in [0.29, 0.717) is 30.3 Å². The summed E-state index contributed by atoms with van der Waals surface area (Å²) >= 11 is 0. The van der Waals surface area contributed by atoms with E-state index in [1.54, 1.807) is 12.4 Å². The van der Waals surface area contributed by atoms with Crippen LogP contribution in [-0.4, -0.2) is 56.9 Å². The lowest BCUT2D eigenvalue weighted by atomic mass is 10.1. The molecule has 6 rings (SSSR count). The Morgan fingerprint density at radius 2 is 1.88 bits per heavy atom. The van der Waals surface area contributed by atoms with Crippen LogP contribution in [0.1, 0.15) is 35.2 Å². The van der Waals surface area contributed by atoms with E-state index in [9.17, 15) is 4.79 Å². The van der Waals surface area contributed by atoms with Gasteiger partial charge < -0.3 is 25.3 Å². The average molecular weight is 548 g/mol. The zero-order valence-electron chi connectivity index (χ0n) is 22.8. The summed E-state index contributed by atoms with van der Waals surface area (Å²) in [5.41, 5.74) is 4.72. The van der Waals surface area contributed by atoms with Gasteiger partial charge in [-0.1, -0.05) is 30.7 Å². The predicted molar refractivity (Wildman–Crippen MR) is 160 cm³/mol. The van der Waals surface area contributed by atoms with Crippen molar-refractivity contribution >= 4 is 28.6 Å². The van der Waals surface area contributed by atoms with Crippen molar-refractivity contribution in [2.75, 3.05) is 31.5 Å². The van der Waals surface area contributed by atoms with Crippen molar-refractivity contribution < 1.29 is 9.53 Å². The molecular formula is C32H33N7O2. The van der Waals surface area contributed by atoms with E-state index in [4.69, 9.17) is 9.72 Å². The highest BCUT2D eigenvalue weighted by Gasteiger charge is 2.14. The lowest BCUT2D eigenvalue weighted by Gasteiger charge is -2.26. The van der Waals surface area contributed by atoms with Crippen LogP contribution in [0.2, 0.25) is 0 Å². The van der Waals surface area contributed by atoms with Crippen molar-refractivity contribution in [2.45, 2.75) is 25.9 Å². The second-order valence-corrected chi connectivity index (χ2v) is 10.2. The summed E-state index contributed by atoms with van der Waals surface area (Å²) in [5, 5.41) is 7.25. The molecule has 0 radical (unpaired) electrons. The van der Waals surface area contributed by atoms with Crippen LogP contribution in [0.5, 0.6) is 5.75 Å². The van der Waals surface area contributed by atoms with Gasteiger partial charge in [0.05, 0.1) is 5.69 Å². The third-order valence-corrected chi connectivity index (χ3v) is 7.19. The molecule has 41 heavy (non-hydrogen) atoms. The number of H-pyrrole nitrogens is 1. The van der Waals surface area contributed by atoms with Crippen LogP contribution in [0.4, 0.5) is 11.6 Å². The van der Waals surface area contributed by atoms with E-state index in [1.807, 2.05) is 72.9 Å². The van der Waals surface area contributed by atoms with E-state index < -0.39 is 0 Å². The van der Waals surface area contributed by atoms with Crippen LogP contribution < -0.4 is 15.4 Å². The number of pyridine rings is 1. The van der Waals surface area contributed by atoms with Crippen LogP contribution >= 0.6 is 0 Å². The number of anilines is 2. The molecule has 0 bridgehead atoms. The molecule has 0 saturated carbocycles. The molecule has 4 heterocycles. The normalized spacial score (nSPS) is 13.7. The number of ether oxygens (including phenoxy) is 1. The van der Waals surface area contributed by atoms with Gasteiger partial charge in [0.2, 0.25) is 5.95 Å². The summed E-state index contributed by atoms with van der Waals surface area (Å²) in [6, 6.07) is 21.1. The molecule has 0 atom stereocenters. The Balaban J connectivity index is 1.17. The molecule has 1 aliphatic rings. The fourth-order valence-electron chi connectivity index (χ4n) is 5.08. The molecule has 3 N–H and O–H groups in total.